The van der Waals surface area contributed by atoms with E-state index in [0.29, 0.717) is 12.0 Å². The fourth-order valence-electron chi connectivity index (χ4n) is 3.39. The summed E-state index contributed by atoms with van der Waals surface area (Å²) in [6, 6.07) is 2.69. The van der Waals surface area contributed by atoms with Crippen LogP contribution in [-0.2, 0) is 7.05 Å². The summed E-state index contributed by atoms with van der Waals surface area (Å²) in [6.45, 7) is 1.15. The highest BCUT2D eigenvalue weighted by atomic mass is 15.3. The molecule has 2 aliphatic rings. The summed E-state index contributed by atoms with van der Waals surface area (Å²) in [4.78, 5) is 11.4. The average molecular weight is 270 g/mol. The number of nitrogens with zero attached hydrogens (tertiary/aromatic N) is 5. The van der Waals surface area contributed by atoms with E-state index in [1.54, 1.807) is 10.9 Å². The molecule has 6 heteroatoms. The highest BCUT2D eigenvalue weighted by Crippen LogP contribution is 2.39. The minimum Gasteiger partial charge on any atom is -0.353 e. The first-order chi connectivity index (χ1) is 9.78. The van der Waals surface area contributed by atoms with Gasteiger partial charge in [0.05, 0.1) is 11.9 Å². The molecule has 0 spiro atoms. The van der Waals surface area contributed by atoms with Crippen LogP contribution < -0.4 is 10.2 Å². The fourth-order valence-corrected chi connectivity index (χ4v) is 3.39. The van der Waals surface area contributed by atoms with Gasteiger partial charge in [-0.15, -0.1) is 0 Å². The van der Waals surface area contributed by atoms with Crippen LogP contribution in [0, 0.1) is 5.92 Å². The van der Waals surface area contributed by atoms with Crippen molar-refractivity contribution in [2.24, 2.45) is 13.0 Å². The van der Waals surface area contributed by atoms with Crippen LogP contribution in [0.5, 0.6) is 0 Å². The molecule has 6 nitrogen and oxygen atoms in total. The fraction of sp³-hybridized carbons (Fsp3) is 0.500. The van der Waals surface area contributed by atoms with Gasteiger partial charge in [-0.05, 0) is 31.2 Å². The van der Waals surface area contributed by atoms with Crippen molar-refractivity contribution in [1.82, 2.24) is 19.7 Å². The SMILES string of the molecule is Cn1cc(Nc2nccc(N3CC4CCC3C4)n2)cn1. The Balaban J connectivity index is 1.55. The molecule has 1 saturated carbocycles. The van der Waals surface area contributed by atoms with Crippen LogP contribution in [0.2, 0.25) is 0 Å². The summed E-state index contributed by atoms with van der Waals surface area (Å²) in [5.74, 6) is 2.54. The quantitative estimate of drug-likeness (QED) is 0.923. The molecule has 0 aromatic carbocycles. The Morgan fingerprint density at radius 3 is 3.00 bits per heavy atom. The van der Waals surface area contributed by atoms with Crippen LogP contribution in [0.3, 0.4) is 0 Å². The Bertz CT molecular complexity index is 622. The molecule has 3 heterocycles. The molecule has 0 amide bonds. The Kier molecular flexibility index (Phi) is 2.61. The topological polar surface area (TPSA) is 58.9 Å². The van der Waals surface area contributed by atoms with Crippen LogP contribution in [0.4, 0.5) is 17.5 Å². The molecule has 2 atom stereocenters. The molecule has 2 aromatic rings. The van der Waals surface area contributed by atoms with Crippen molar-refractivity contribution in [2.75, 3.05) is 16.8 Å². The number of rotatable bonds is 3. The molecule has 1 saturated heterocycles. The van der Waals surface area contributed by atoms with Crippen molar-refractivity contribution in [2.45, 2.75) is 25.3 Å². The van der Waals surface area contributed by atoms with Crippen molar-refractivity contribution in [3.05, 3.63) is 24.7 Å². The molecule has 2 aromatic heterocycles. The van der Waals surface area contributed by atoms with Gasteiger partial charge < -0.3 is 10.2 Å². The van der Waals surface area contributed by atoms with Crippen LogP contribution in [0.25, 0.3) is 0 Å². The summed E-state index contributed by atoms with van der Waals surface area (Å²) < 4.78 is 1.76. The van der Waals surface area contributed by atoms with Crippen molar-refractivity contribution >= 4 is 17.5 Å². The second-order valence-corrected chi connectivity index (χ2v) is 5.75. The number of piperidine rings is 1. The van der Waals surface area contributed by atoms with E-state index in [-0.39, 0.29) is 0 Å². The number of aryl methyl sites for hydroxylation is 1. The Morgan fingerprint density at radius 1 is 1.35 bits per heavy atom. The van der Waals surface area contributed by atoms with Crippen LogP contribution in [-0.4, -0.2) is 32.3 Å². The molecule has 4 rings (SSSR count). The van der Waals surface area contributed by atoms with Crippen molar-refractivity contribution in [3.63, 3.8) is 0 Å². The molecule has 2 bridgehead atoms. The largest absolute Gasteiger partial charge is 0.353 e. The molecular formula is C14H18N6. The first-order valence-corrected chi connectivity index (χ1v) is 7.13. The lowest BCUT2D eigenvalue weighted by atomic mass is 10.1. The number of fused-ring (bicyclic) bond motifs is 2. The van der Waals surface area contributed by atoms with Gasteiger partial charge in [-0.25, -0.2) is 4.98 Å². The normalized spacial score (nSPS) is 24.4. The molecule has 1 aliphatic heterocycles. The zero-order valence-corrected chi connectivity index (χ0v) is 11.5. The summed E-state index contributed by atoms with van der Waals surface area (Å²) in [5, 5.41) is 7.33. The first kappa shape index (κ1) is 11.7. The average Bonchev–Trinajstić information content (AvgIpc) is 3.16. The molecule has 2 unspecified atom stereocenters. The monoisotopic (exact) mass is 270 g/mol. The zero-order valence-electron chi connectivity index (χ0n) is 11.5. The lowest BCUT2D eigenvalue weighted by Crippen LogP contribution is -2.32. The van der Waals surface area contributed by atoms with E-state index in [0.717, 1.165) is 24.0 Å². The van der Waals surface area contributed by atoms with E-state index < -0.39 is 0 Å². The van der Waals surface area contributed by atoms with Crippen LogP contribution in [0.1, 0.15) is 19.3 Å². The number of hydrogen-bond acceptors (Lipinski definition) is 5. The third kappa shape index (κ3) is 2.01. The van der Waals surface area contributed by atoms with Gasteiger partial charge in [-0.3, -0.25) is 4.68 Å². The van der Waals surface area contributed by atoms with Crippen LogP contribution >= 0.6 is 0 Å². The summed E-state index contributed by atoms with van der Waals surface area (Å²) >= 11 is 0. The van der Waals surface area contributed by atoms with Gasteiger partial charge in [0.15, 0.2) is 0 Å². The Morgan fingerprint density at radius 2 is 2.30 bits per heavy atom. The van der Waals surface area contributed by atoms with Gasteiger partial charge in [0, 0.05) is 32.0 Å². The van der Waals surface area contributed by atoms with E-state index in [1.807, 2.05) is 25.5 Å². The van der Waals surface area contributed by atoms with Gasteiger partial charge >= 0.3 is 0 Å². The highest BCUT2D eigenvalue weighted by Gasteiger charge is 2.38. The summed E-state index contributed by atoms with van der Waals surface area (Å²) in [6.07, 6.45) is 9.52. The van der Waals surface area contributed by atoms with Crippen LogP contribution in [0.15, 0.2) is 24.7 Å². The number of nitrogens with one attached hydrogen (secondary N) is 1. The van der Waals surface area contributed by atoms with E-state index in [1.165, 1.54) is 19.3 Å². The summed E-state index contributed by atoms with van der Waals surface area (Å²) in [5.41, 5.74) is 0.910. The number of anilines is 3. The van der Waals surface area contributed by atoms with E-state index >= 15 is 0 Å². The van der Waals surface area contributed by atoms with E-state index in [4.69, 9.17) is 0 Å². The maximum absolute atomic E-state index is 4.64. The summed E-state index contributed by atoms with van der Waals surface area (Å²) in [7, 11) is 1.89. The standard InChI is InChI=1S/C14H18N6/c1-19-9-11(7-16-19)17-14-15-5-4-13(18-14)20-8-10-2-3-12(20)6-10/h4-5,7,9-10,12H,2-3,6,8H2,1H3,(H,15,17,18). The molecule has 0 radical (unpaired) electrons. The predicted molar refractivity (Wildman–Crippen MR) is 77.0 cm³/mol. The Hall–Kier alpha value is -2.11. The van der Waals surface area contributed by atoms with Crippen molar-refractivity contribution in [1.29, 1.82) is 0 Å². The van der Waals surface area contributed by atoms with E-state index in [9.17, 15) is 0 Å². The third-order valence-electron chi connectivity index (χ3n) is 4.31. The smallest absolute Gasteiger partial charge is 0.229 e. The molecule has 1 aliphatic carbocycles. The second-order valence-electron chi connectivity index (χ2n) is 5.75. The van der Waals surface area contributed by atoms with E-state index in [2.05, 4.69) is 25.3 Å². The van der Waals surface area contributed by atoms with Gasteiger partial charge in [0.1, 0.15) is 5.82 Å². The molecular weight excluding hydrogens is 252 g/mol. The van der Waals surface area contributed by atoms with Gasteiger partial charge in [-0.2, -0.15) is 10.1 Å². The molecule has 2 fully saturated rings. The minimum absolute atomic E-state index is 0.637. The minimum atomic E-state index is 0.637. The van der Waals surface area contributed by atoms with Gasteiger partial charge in [0.2, 0.25) is 5.95 Å². The molecule has 1 N–H and O–H groups in total. The molecule has 20 heavy (non-hydrogen) atoms. The van der Waals surface area contributed by atoms with Crippen molar-refractivity contribution in [3.8, 4) is 0 Å². The highest BCUT2D eigenvalue weighted by molar-refractivity contribution is 5.53. The lowest BCUT2D eigenvalue weighted by Gasteiger charge is -2.28. The second kappa shape index (κ2) is 4.47. The predicted octanol–water partition coefficient (Wildman–Crippen LogP) is 1.94. The van der Waals surface area contributed by atoms with Crippen molar-refractivity contribution < 1.29 is 0 Å². The Labute approximate surface area is 117 Å². The molecule has 104 valence electrons. The number of hydrogen-bond donors (Lipinski definition) is 1. The number of aromatic nitrogens is 4. The maximum atomic E-state index is 4.64. The lowest BCUT2D eigenvalue weighted by molar-refractivity contribution is 0.550. The maximum Gasteiger partial charge on any atom is 0.229 e. The zero-order chi connectivity index (χ0) is 13.5. The van der Waals surface area contributed by atoms with Gasteiger partial charge in [-0.1, -0.05) is 0 Å². The van der Waals surface area contributed by atoms with Gasteiger partial charge in [0.25, 0.3) is 0 Å². The third-order valence-corrected chi connectivity index (χ3v) is 4.31. The first-order valence-electron chi connectivity index (χ1n) is 7.13.